The second-order valence-electron chi connectivity index (χ2n) is 6.15. The van der Waals surface area contributed by atoms with Crippen molar-refractivity contribution in [1.82, 2.24) is 10.3 Å². The molecule has 1 heterocycles. The van der Waals surface area contributed by atoms with Crippen molar-refractivity contribution in [3.8, 4) is 0 Å². The molecule has 4 nitrogen and oxygen atoms in total. The molecule has 10 heteroatoms. The molecule has 1 aromatic heterocycles. The van der Waals surface area contributed by atoms with E-state index in [0.717, 1.165) is 22.9 Å². The number of benzene rings is 2. The summed E-state index contributed by atoms with van der Waals surface area (Å²) in [7, 11) is -9.66. The first-order chi connectivity index (χ1) is 12.9. The number of nitrogens with zero attached hydrogens (tertiary/aromatic N) is 1. The Hall–Kier alpha value is -2.88. The van der Waals surface area contributed by atoms with Gasteiger partial charge in [0.05, 0.1) is 5.69 Å². The van der Waals surface area contributed by atoms with Gasteiger partial charge >= 0.3 is 16.3 Å². The van der Waals surface area contributed by atoms with Crippen LogP contribution in [-0.2, 0) is 6.42 Å². The minimum atomic E-state index is -9.66. The number of carbonyl (C=O) groups is 1. The van der Waals surface area contributed by atoms with Gasteiger partial charge in [0, 0.05) is 29.7 Å². The number of hydrogen-bond donors (Lipinski definition) is 2. The molecule has 2 N–H and O–H groups in total. The Bertz CT molecular complexity index is 1020. The van der Waals surface area contributed by atoms with E-state index in [4.69, 9.17) is 0 Å². The highest BCUT2D eigenvalue weighted by atomic mass is 32.5. The summed E-state index contributed by atoms with van der Waals surface area (Å²) in [6.07, 6.45) is 3.45. The van der Waals surface area contributed by atoms with E-state index < -0.39 is 21.2 Å². The lowest BCUT2D eigenvalue weighted by Crippen LogP contribution is -2.30. The SMILES string of the molecule is O=C(NCCc1ccc(S(F)(F)(F)(F)F)cc1)Nc1cccc2cnccc12. The van der Waals surface area contributed by atoms with Crippen molar-refractivity contribution in [2.45, 2.75) is 11.3 Å². The average Bonchev–Trinajstić information content (AvgIpc) is 2.60. The van der Waals surface area contributed by atoms with Crippen LogP contribution in [0.5, 0.6) is 0 Å². The summed E-state index contributed by atoms with van der Waals surface area (Å²) in [4.78, 5) is 14.1. The molecule has 0 bridgehead atoms. The van der Waals surface area contributed by atoms with Gasteiger partial charge in [-0.3, -0.25) is 4.98 Å². The fourth-order valence-corrected chi connectivity index (χ4v) is 3.28. The first kappa shape index (κ1) is 19.9. The quantitative estimate of drug-likeness (QED) is 0.482. The van der Waals surface area contributed by atoms with E-state index in [9.17, 15) is 24.2 Å². The largest absolute Gasteiger partial charge is 0.338 e. The van der Waals surface area contributed by atoms with Crippen LogP contribution in [0.15, 0.2) is 65.8 Å². The number of rotatable bonds is 5. The Morgan fingerprint density at radius 2 is 1.68 bits per heavy atom. The Balaban J connectivity index is 1.57. The van der Waals surface area contributed by atoms with Crippen molar-refractivity contribution in [1.29, 1.82) is 0 Å². The molecule has 0 aliphatic carbocycles. The van der Waals surface area contributed by atoms with Crippen LogP contribution in [0.1, 0.15) is 5.56 Å². The Morgan fingerprint density at radius 3 is 2.36 bits per heavy atom. The second-order valence-corrected chi connectivity index (χ2v) is 8.56. The van der Waals surface area contributed by atoms with E-state index in [1.807, 2.05) is 6.07 Å². The standard InChI is InChI=1S/C18H16F5N3OS/c19-28(20,21,22,23)15-6-4-13(5-7-15)8-11-25-18(27)26-17-3-1-2-14-12-24-10-9-16(14)17/h1-7,9-10,12H,8,11H2,(H2,25,26,27). The number of hydrogen-bond acceptors (Lipinski definition) is 2. The van der Waals surface area contributed by atoms with E-state index in [0.29, 0.717) is 23.4 Å². The predicted octanol–water partition coefficient (Wildman–Crippen LogP) is 6.26. The molecule has 3 rings (SSSR count). The third-order valence-corrected chi connectivity index (χ3v) is 5.16. The number of fused-ring (bicyclic) bond motifs is 1. The van der Waals surface area contributed by atoms with Gasteiger partial charge < -0.3 is 10.6 Å². The van der Waals surface area contributed by atoms with Crippen molar-refractivity contribution < 1.29 is 24.2 Å². The van der Waals surface area contributed by atoms with Crippen LogP contribution in [0.2, 0.25) is 0 Å². The van der Waals surface area contributed by atoms with E-state index in [-0.39, 0.29) is 13.0 Å². The molecule has 0 fully saturated rings. The molecular weight excluding hydrogens is 401 g/mol. The van der Waals surface area contributed by atoms with E-state index >= 15 is 0 Å². The number of amides is 2. The Kier molecular flexibility index (Phi) is 4.49. The molecule has 2 amide bonds. The Morgan fingerprint density at radius 1 is 0.964 bits per heavy atom. The van der Waals surface area contributed by atoms with Crippen molar-refractivity contribution >= 4 is 32.7 Å². The zero-order valence-electron chi connectivity index (χ0n) is 14.3. The summed E-state index contributed by atoms with van der Waals surface area (Å²) in [6.45, 7) is 0.119. The highest BCUT2D eigenvalue weighted by Gasteiger charge is 2.65. The summed E-state index contributed by atoms with van der Waals surface area (Å²) < 4.78 is 63.4. The first-order valence-corrected chi connectivity index (χ1v) is 10.1. The van der Waals surface area contributed by atoms with Crippen molar-refractivity contribution in [2.24, 2.45) is 0 Å². The number of carbonyl (C=O) groups excluding carboxylic acids is 1. The molecule has 0 radical (unpaired) electrons. The van der Waals surface area contributed by atoms with Gasteiger partial charge in [0.2, 0.25) is 0 Å². The summed E-state index contributed by atoms with van der Waals surface area (Å²) in [5, 5.41) is 6.92. The maximum Gasteiger partial charge on any atom is 0.319 e. The molecule has 0 saturated heterocycles. The third kappa shape index (κ3) is 4.89. The van der Waals surface area contributed by atoms with Gasteiger partial charge in [-0.1, -0.05) is 43.7 Å². The number of urea groups is 1. The number of nitrogens with one attached hydrogen (secondary N) is 2. The highest BCUT2D eigenvalue weighted by Crippen LogP contribution is 3.02. The van der Waals surface area contributed by atoms with Gasteiger partial charge in [0.25, 0.3) is 0 Å². The van der Waals surface area contributed by atoms with E-state index in [2.05, 4.69) is 15.6 Å². The van der Waals surface area contributed by atoms with Crippen LogP contribution in [0.25, 0.3) is 10.8 Å². The Labute approximate surface area is 157 Å². The lowest BCUT2D eigenvalue weighted by Gasteiger charge is -2.40. The number of anilines is 1. The molecule has 0 aliphatic rings. The summed E-state index contributed by atoms with van der Waals surface area (Å²) in [5.41, 5.74) is 0.972. The van der Waals surface area contributed by atoms with Crippen LogP contribution in [0.3, 0.4) is 0 Å². The van der Waals surface area contributed by atoms with Gasteiger partial charge in [-0.25, -0.2) is 4.79 Å². The van der Waals surface area contributed by atoms with Crippen LogP contribution >= 0.6 is 10.2 Å². The van der Waals surface area contributed by atoms with Gasteiger partial charge in [0.15, 0.2) is 0 Å². The van der Waals surface area contributed by atoms with Crippen molar-refractivity contribution in [3.63, 3.8) is 0 Å². The van der Waals surface area contributed by atoms with Gasteiger partial charge in [0.1, 0.15) is 4.90 Å². The third-order valence-electron chi connectivity index (χ3n) is 4.00. The zero-order valence-corrected chi connectivity index (χ0v) is 15.2. The molecule has 28 heavy (non-hydrogen) atoms. The highest BCUT2D eigenvalue weighted by molar-refractivity contribution is 8.45. The van der Waals surface area contributed by atoms with Crippen molar-refractivity contribution in [3.05, 3.63) is 66.5 Å². The minimum Gasteiger partial charge on any atom is -0.338 e. The predicted molar refractivity (Wildman–Crippen MR) is 100 cm³/mol. The van der Waals surface area contributed by atoms with E-state index in [1.54, 1.807) is 30.6 Å². The van der Waals surface area contributed by atoms with Crippen LogP contribution in [0.4, 0.5) is 29.9 Å². The minimum absolute atomic E-state index is 0.119. The summed E-state index contributed by atoms with van der Waals surface area (Å²) in [5.74, 6) is 0. The molecular formula is C18H16F5N3OS. The van der Waals surface area contributed by atoms with Crippen molar-refractivity contribution in [2.75, 3.05) is 11.9 Å². The lowest BCUT2D eigenvalue weighted by molar-refractivity contribution is 0.252. The summed E-state index contributed by atoms with van der Waals surface area (Å²) in [6, 6.07) is 9.28. The van der Waals surface area contributed by atoms with Crippen LogP contribution < -0.4 is 10.6 Å². The molecule has 0 aliphatic heterocycles. The van der Waals surface area contributed by atoms with Gasteiger partial charge in [-0.05, 0) is 36.2 Å². The lowest BCUT2D eigenvalue weighted by atomic mass is 10.1. The normalized spacial score (nSPS) is 14.2. The zero-order chi connectivity index (χ0) is 20.5. The average molecular weight is 417 g/mol. The molecule has 150 valence electrons. The summed E-state index contributed by atoms with van der Waals surface area (Å²) >= 11 is 0. The van der Waals surface area contributed by atoms with Gasteiger partial charge in [-0.2, -0.15) is 0 Å². The molecule has 0 saturated carbocycles. The molecule has 0 atom stereocenters. The topological polar surface area (TPSA) is 54.0 Å². The monoisotopic (exact) mass is 417 g/mol. The maximum atomic E-state index is 12.7. The van der Waals surface area contributed by atoms with Crippen LogP contribution in [0, 0.1) is 0 Å². The first-order valence-electron chi connectivity index (χ1n) is 8.13. The molecule has 2 aromatic carbocycles. The molecule has 0 spiro atoms. The van der Waals surface area contributed by atoms with E-state index in [1.165, 1.54) is 0 Å². The fourth-order valence-electron chi connectivity index (χ4n) is 2.63. The van der Waals surface area contributed by atoms with Gasteiger partial charge in [-0.15, -0.1) is 0 Å². The molecule has 3 aromatic rings. The second kappa shape index (κ2) is 6.33. The number of aromatic nitrogens is 1. The van der Waals surface area contributed by atoms with Crippen LogP contribution in [-0.4, -0.2) is 17.6 Å². The number of pyridine rings is 1. The number of halogens is 5. The maximum absolute atomic E-state index is 12.7. The fraction of sp³-hybridized carbons (Fsp3) is 0.111. The smallest absolute Gasteiger partial charge is 0.319 e. The molecule has 0 unspecified atom stereocenters.